The summed E-state index contributed by atoms with van der Waals surface area (Å²) in [5, 5.41) is 2.84. The van der Waals surface area contributed by atoms with E-state index >= 15 is 0 Å². The molecule has 2 amide bonds. The first-order chi connectivity index (χ1) is 11.2. The van der Waals surface area contributed by atoms with E-state index in [-0.39, 0.29) is 30.5 Å². The lowest BCUT2D eigenvalue weighted by Gasteiger charge is -2.25. The van der Waals surface area contributed by atoms with Gasteiger partial charge in [-0.3, -0.25) is 9.59 Å². The number of hydrogen-bond acceptors (Lipinski definition) is 4. The van der Waals surface area contributed by atoms with Crippen LogP contribution in [0.1, 0.15) is 34.6 Å². The molecule has 1 aromatic rings. The van der Waals surface area contributed by atoms with E-state index in [0.717, 1.165) is 5.75 Å². The molecular weight excluding hydrogens is 308 g/mol. The molecule has 0 aromatic heterocycles. The Morgan fingerprint density at radius 3 is 2.04 bits per heavy atom. The number of amides is 2. The Bertz CT molecular complexity index is 535. The van der Waals surface area contributed by atoms with E-state index in [0.29, 0.717) is 18.9 Å². The lowest BCUT2D eigenvalue weighted by atomic mass is 10.1. The Kier molecular flexibility index (Phi) is 7.55. The fourth-order valence-corrected chi connectivity index (χ4v) is 2.04. The third kappa shape index (κ3) is 7.35. The second-order valence-electron chi connectivity index (χ2n) is 6.40. The highest BCUT2D eigenvalue weighted by atomic mass is 16.5. The van der Waals surface area contributed by atoms with Crippen LogP contribution in [0.5, 0.6) is 11.5 Å². The maximum absolute atomic E-state index is 12.2. The second-order valence-corrected chi connectivity index (χ2v) is 6.40. The van der Waals surface area contributed by atoms with Crippen molar-refractivity contribution in [3.63, 3.8) is 0 Å². The summed E-state index contributed by atoms with van der Waals surface area (Å²) in [4.78, 5) is 25.6. The SMILES string of the molecule is CCOc1ccc(OCC(=O)N(CC)CC(=O)NC(C)(C)C)cc1. The number of nitrogens with one attached hydrogen (secondary N) is 1. The van der Waals surface area contributed by atoms with Gasteiger partial charge in [-0.15, -0.1) is 0 Å². The monoisotopic (exact) mass is 336 g/mol. The first-order valence-electron chi connectivity index (χ1n) is 8.19. The van der Waals surface area contributed by atoms with Gasteiger partial charge >= 0.3 is 0 Å². The molecule has 1 N–H and O–H groups in total. The van der Waals surface area contributed by atoms with Gasteiger partial charge in [-0.05, 0) is 58.9 Å². The fourth-order valence-electron chi connectivity index (χ4n) is 2.04. The molecule has 24 heavy (non-hydrogen) atoms. The molecule has 0 saturated heterocycles. The predicted octanol–water partition coefficient (Wildman–Crippen LogP) is 2.23. The van der Waals surface area contributed by atoms with Gasteiger partial charge in [0, 0.05) is 12.1 Å². The molecule has 0 unspecified atom stereocenters. The molecule has 0 aliphatic rings. The van der Waals surface area contributed by atoms with Gasteiger partial charge in [0.2, 0.25) is 5.91 Å². The molecule has 1 aromatic carbocycles. The molecule has 0 fully saturated rings. The van der Waals surface area contributed by atoms with E-state index in [2.05, 4.69) is 5.32 Å². The smallest absolute Gasteiger partial charge is 0.260 e. The Balaban J connectivity index is 2.50. The zero-order valence-electron chi connectivity index (χ0n) is 15.2. The molecule has 0 spiro atoms. The summed E-state index contributed by atoms with van der Waals surface area (Å²) in [6.45, 7) is 10.4. The average Bonchev–Trinajstić information content (AvgIpc) is 2.50. The van der Waals surface area contributed by atoms with E-state index < -0.39 is 0 Å². The Labute approximate surface area is 144 Å². The van der Waals surface area contributed by atoms with Crippen molar-refractivity contribution in [2.24, 2.45) is 0 Å². The highest BCUT2D eigenvalue weighted by Gasteiger charge is 2.19. The number of likely N-dealkylation sites (N-methyl/N-ethyl adjacent to an activating group) is 1. The number of carbonyl (C=O) groups excluding carboxylic acids is 2. The largest absolute Gasteiger partial charge is 0.494 e. The maximum atomic E-state index is 12.2. The van der Waals surface area contributed by atoms with Crippen molar-refractivity contribution in [1.29, 1.82) is 0 Å². The maximum Gasteiger partial charge on any atom is 0.260 e. The first-order valence-corrected chi connectivity index (χ1v) is 8.19. The van der Waals surface area contributed by atoms with E-state index in [1.807, 2.05) is 34.6 Å². The van der Waals surface area contributed by atoms with Gasteiger partial charge in [0.05, 0.1) is 13.2 Å². The van der Waals surface area contributed by atoms with Crippen LogP contribution in [-0.2, 0) is 9.59 Å². The van der Waals surface area contributed by atoms with E-state index in [1.165, 1.54) is 4.90 Å². The van der Waals surface area contributed by atoms with E-state index in [1.54, 1.807) is 24.3 Å². The zero-order valence-corrected chi connectivity index (χ0v) is 15.2. The predicted molar refractivity (Wildman–Crippen MR) is 93.3 cm³/mol. The summed E-state index contributed by atoms with van der Waals surface area (Å²) in [7, 11) is 0. The van der Waals surface area contributed by atoms with Crippen LogP contribution < -0.4 is 14.8 Å². The molecule has 0 saturated carbocycles. The molecule has 1 rings (SSSR count). The molecule has 134 valence electrons. The number of carbonyl (C=O) groups is 2. The highest BCUT2D eigenvalue weighted by Crippen LogP contribution is 2.17. The standard InChI is InChI=1S/C18H28N2O4/c1-6-20(12-16(21)19-18(3,4)5)17(22)13-24-15-10-8-14(9-11-15)23-7-2/h8-11H,6-7,12-13H2,1-5H3,(H,19,21). The molecule has 6 nitrogen and oxygen atoms in total. The topological polar surface area (TPSA) is 67.9 Å². The van der Waals surface area contributed by atoms with Gasteiger partial charge in [0.25, 0.3) is 5.91 Å². The third-order valence-electron chi connectivity index (χ3n) is 3.08. The molecular formula is C18H28N2O4. The van der Waals surface area contributed by atoms with Crippen LogP contribution in [0.3, 0.4) is 0 Å². The van der Waals surface area contributed by atoms with Gasteiger partial charge in [0.1, 0.15) is 11.5 Å². The van der Waals surface area contributed by atoms with Crippen LogP contribution in [0.4, 0.5) is 0 Å². The fraction of sp³-hybridized carbons (Fsp3) is 0.556. The first kappa shape index (κ1) is 19.8. The summed E-state index contributed by atoms with van der Waals surface area (Å²) in [6.07, 6.45) is 0. The molecule has 0 aliphatic carbocycles. The lowest BCUT2D eigenvalue weighted by Crippen LogP contribution is -2.48. The lowest BCUT2D eigenvalue weighted by molar-refractivity contribution is -0.137. The molecule has 0 atom stereocenters. The van der Waals surface area contributed by atoms with Gasteiger partial charge in [-0.25, -0.2) is 0 Å². The Hall–Kier alpha value is -2.24. The minimum absolute atomic E-state index is 0.0270. The summed E-state index contributed by atoms with van der Waals surface area (Å²) in [5.41, 5.74) is -0.321. The summed E-state index contributed by atoms with van der Waals surface area (Å²) < 4.78 is 10.8. The summed E-state index contributed by atoms with van der Waals surface area (Å²) >= 11 is 0. The van der Waals surface area contributed by atoms with Crippen molar-refractivity contribution in [1.82, 2.24) is 10.2 Å². The minimum Gasteiger partial charge on any atom is -0.494 e. The van der Waals surface area contributed by atoms with Crippen molar-refractivity contribution < 1.29 is 19.1 Å². The van der Waals surface area contributed by atoms with Gasteiger partial charge < -0.3 is 19.7 Å². The van der Waals surface area contributed by atoms with Crippen LogP contribution in [0.25, 0.3) is 0 Å². The normalized spacial score (nSPS) is 10.9. The highest BCUT2D eigenvalue weighted by molar-refractivity contribution is 5.85. The molecule has 0 bridgehead atoms. The van der Waals surface area contributed by atoms with Crippen LogP contribution in [0.2, 0.25) is 0 Å². The molecule has 6 heteroatoms. The zero-order chi connectivity index (χ0) is 18.2. The quantitative estimate of drug-likeness (QED) is 0.790. The third-order valence-corrected chi connectivity index (χ3v) is 3.08. The van der Waals surface area contributed by atoms with Crippen molar-refractivity contribution in [2.75, 3.05) is 26.3 Å². The van der Waals surface area contributed by atoms with Crippen molar-refractivity contribution in [3.05, 3.63) is 24.3 Å². The van der Waals surface area contributed by atoms with Crippen molar-refractivity contribution in [2.45, 2.75) is 40.2 Å². The summed E-state index contributed by atoms with van der Waals surface area (Å²) in [5.74, 6) is 0.932. The average molecular weight is 336 g/mol. The van der Waals surface area contributed by atoms with Crippen molar-refractivity contribution in [3.8, 4) is 11.5 Å². The van der Waals surface area contributed by atoms with Gasteiger partial charge in [-0.2, -0.15) is 0 Å². The number of nitrogens with zero attached hydrogens (tertiary/aromatic N) is 1. The van der Waals surface area contributed by atoms with E-state index in [9.17, 15) is 9.59 Å². The van der Waals surface area contributed by atoms with Crippen LogP contribution in [-0.4, -0.2) is 48.6 Å². The number of hydrogen-bond donors (Lipinski definition) is 1. The second kappa shape index (κ2) is 9.15. The van der Waals surface area contributed by atoms with E-state index in [4.69, 9.17) is 9.47 Å². The number of ether oxygens (including phenoxy) is 2. The van der Waals surface area contributed by atoms with Gasteiger partial charge in [-0.1, -0.05) is 0 Å². The van der Waals surface area contributed by atoms with Crippen molar-refractivity contribution >= 4 is 11.8 Å². The molecule has 0 radical (unpaired) electrons. The Morgan fingerprint density at radius 1 is 1.04 bits per heavy atom. The number of rotatable bonds is 8. The Morgan fingerprint density at radius 2 is 1.58 bits per heavy atom. The number of benzene rings is 1. The minimum atomic E-state index is -0.321. The van der Waals surface area contributed by atoms with Crippen LogP contribution in [0, 0.1) is 0 Å². The molecule has 0 aliphatic heterocycles. The van der Waals surface area contributed by atoms with Crippen LogP contribution >= 0.6 is 0 Å². The van der Waals surface area contributed by atoms with Crippen LogP contribution in [0.15, 0.2) is 24.3 Å². The summed E-state index contributed by atoms with van der Waals surface area (Å²) in [6, 6.07) is 7.08. The van der Waals surface area contributed by atoms with Gasteiger partial charge in [0.15, 0.2) is 6.61 Å². The molecule has 0 heterocycles.